The van der Waals surface area contributed by atoms with Crippen LogP contribution in [0.3, 0.4) is 0 Å². The molecule has 1 unspecified atom stereocenters. The van der Waals surface area contributed by atoms with Gasteiger partial charge in [-0.25, -0.2) is 4.39 Å². The second kappa shape index (κ2) is 6.13. The number of hydrogen-bond donors (Lipinski definition) is 3. The monoisotopic (exact) mass is 256 g/mol. The Morgan fingerprint density at radius 1 is 1.33 bits per heavy atom. The van der Waals surface area contributed by atoms with Crippen molar-refractivity contribution in [2.75, 3.05) is 27.2 Å². The molecule has 1 rings (SSSR count). The molecule has 3 N–H and O–H groups in total. The van der Waals surface area contributed by atoms with Gasteiger partial charge in [-0.05, 0) is 38.7 Å². The molecule has 1 aromatic carbocycles. The van der Waals surface area contributed by atoms with Gasteiger partial charge < -0.3 is 20.4 Å². The minimum Gasteiger partial charge on any atom is -0.508 e. The molecular formula is C13H21FN2O2. The highest BCUT2D eigenvalue weighted by molar-refractivity contribution is 5.28. The van der Waals surface area contributed by atoms with E-state index >= 15 is 0 Å². The topological polar surface area (TPSA) is 55.7 Å². The molecule has 0 saturated heterocycles. The van der Waals surface area contributed by atoms with Crippen molar-refractivity contribution in [3.8, 4) is 5.75 Å². The Morgan fingerprint density at radius 3 is 2.56 bits per heavy atom. The molecule has 0 aliphatic carbocycles. The van der Waals surface area contributed by atoms with Gasteiger partial charge in [0.15, 0.2) is 0 Å². The fraction of sp³-hybridized carbons (Fsp3) is 0.538. The maximum atomic E-state index is 13.0. The van der Waals surface area contributed by atoms with Crippen LogP contribution in [0.15, 0.2) is 18.2 Å². The normalized spacial score (nSPS) is 14.8. The molecule has 18 heavy (non-hydrogen) atoms. The molecule has 1 atom stereocenters. The number of aliphatic hydroxyl groups is 1. The predicted molar refractivity (Wildman–Crippen MR) is 68.9 cm³/mol. The zero-order chi connectivity index (χ0) is 13.8. The number of nitrogens with one attached hydrogen (secondary N) is 1. The van der Waals surface area contributed by atoms with Gasteiger partial charge in [-0.3, -0.25) is 0 Å². The molecule has 4 nitrogen and oxygen atoms in total. The van der Waals surface area contributed by atoms with Gasteiger partial charge in [0.05, 0.1) is 5.60 Å². The number of phenols is 1. The molecule has 0 amide bonds. The van der Waals surface area contributed by atoms with Gasteiger partial charge in [0.1, 0.15) is 11.6 Å². The first kappa shape index (κ1) is 14.9. The average molecular weight is 256 g/mol. The number of halogens is 1. The number of nitrogens with zero attached hydrogens (tertiary/aromatic N) is 1. The van der Waals surface area contributed by atoms with Crippen LogP contribution in [0.25, 0.3) is 0 Å². The van der Waals surface area contributed by atoms with Crippen molar-refractivity contribution in [3.05, 3.63) is 29.6 Å². The van der Waals surface area contributed by atoms with E-state index in [1.165, 1.54) is 12.1 Å². The van der Waals surface area contributed by atoms with E-state index in [1.807, 2.05) is 19.0 Å². The zero-order valence-corrected chi connectivity index (χ0v) is 11.1. The summed E-state index contributed by atoms with van der Waals surface area (Å²) in [7, 11) is 3.78. The second-order valence-corrected chi connectivity index (χ2v) is 5.16. The van der Waals surface area contributed by atoms with Gasteiger partial charge in [-0.15, -0.1) is 0 Å². The summed E-state index contributed by atoms with van der Waals surface area (Å²) in [6.45, 7) is 3.06. The van der Waals surface area contributed by atoms with E-state index in [4.69, 9.17) is 0 Å². The zero-order valence-electron chi connectivity index (χ0n) is 11.1. The van der Waals surface area contributed by atoms with E-state index in [9.17, 15) is 14.6 Å². The molecule has 0 heterocycles. The van der Waals surface area contributed by atoms with E-state index in [1.54, 1.807) is 6.92 Å². The Kier molecular flexibility index (Phi) is 5.07. The van der Waals surface area contributed by atoms with Crippen molar-refractivity contribution >= 4 is 0 Å². The fourth-order valence-electron chi connectivity index (χ4n) is 1.95. The van der Waals surface area contributed by atoms with Crippen LogP contribution in [0.5, 0.6) is 5.75 Å². The van der Waals surface area contributed by atoms with Crippen molar-refractivity contribution in [2.45, 2.75) is 19.1 Å². The number of rotatable bonds is 6. The van der Waals surface area contributed by atoms with Crippen LogP contribution in [0.4, 0.5) is 4.39 Å². The third-order valence-corrected chi connectivity index (χ3v) is 2.43. The third-order valence-electron chi connectivity index (χ3n) is 2.43. The smallest absolute Gasteiger partial charge is 0.127 e. The van der Waals surface area contributed by atoms with Gasteiger partial charge in [-0.1, -0.05) is 0 Å². The van der Waals surface area contributed by atoms with Crippen molar-refractivity contribution in [1.29, 1.82) is 0 Å². The summed E-state index contributed by atoms with van der Waals surface area (Å²) in [6, 6.07) is 3.91. The Labute approximate surface area is 107 Å². The van der Waals surface area contributed by atoms with Crippen LogP contribution in [0.2, 0.25) is 0 Å². The number of aromatic hydroxyl groups is 1. The summed E-state index contributed by atoms with van der Waals surface area (Å²) >= 11 is 0. The van der Waals surface area contributed by atoms with Crippen LogP contribution < -0.4 is 5.32 Å². The molecule has 1 aromatic rings. The van der Waals surface area contributed by atoms with Gasteiger partial charge >= 0.3 is 0 Å². The van der Waals surface area contributed by atoms with Crippen molar-refractivity contribution in [2.24, 2.45) is 0 Å². The Morgan fingerprint density at radius 2 is 2.00 bits per heavy atom. The summed E-state index contributed by atoms with van der Waals surface area (Å²) in [6.07, 6.45) is 0. The standard InChI is InChI=1S/C13H21FN2O2/c1-13(18,9-16(2)3)8-15-7-10-4-11(14)6-12(17)5-10/h4-6,15,17-18H,7-9H2,1-3H3. The van der Waals surface area contributed by atoms with E-state index in [0.717, 1.165) is 6.07 Å². The third kappa shape index (κ3) is 5.44. The molecule has 0 spiro atoms. The van der Waals surface area contributed by atoms with Gasteiger partial charge in [0.2, 0.25) is 0 Å². The van der Waals surface area contributed by atoms with Gasteiger partial charge in [-0.2, -0.15) is 0 Å². The quantitative estimate of drug-likeness (QED) is 0.709. The average Bonchev–Trinajstić information content (AvgIpc) is 2.12. The van der Waals surface area contributed by atoms with Crippen LogP contribution >= 0.6 is 0 Å². The largest absolute Gasteiger partial charge is 0.508 e. The first-order chi connectivity index (χ1) is 8.28. The van der Waals surface area contributed by atoms with Gasteiger partial charge in [0.25, 0.3) is 0 Å². The lowest BCUT2D eigenvalue weighted by Crippen LogP contribution is -2.45. The second-order valence-electron chi connectivity index (χ2n) is 5.16. The Hall–Kier alpha value is -1.17. The van der Waals surface area contributed by atoms with Crippen molar-refractivity contribution in [1.82, 2.24) is 10.2 Å². The van der Waals surface area contributed by atoms with Gasteiger partial charge in [0, 0.05) is 25.7 Å². The fourth-order valence-corrected chi connectivity index (χ4v) is 1.95. The molecule has 5 heteroatoms. The molecule has 0 bridgehead atoms. The summed E-state index contributed by atoms with van der Waals surface area (Å²) in [5.74, 6) is -0.557. The maximum Gasteiger partial charge on any atom is 0.127 e. The van der Waals surface area contributed by atoms with E-state index in [2.05, 4.69) is 5.32 Å². The molecule has 0 aliphatic heterocycles. The minimum atomic E-state index is -0.848. The lowest BCUT2D eigenvalue weighted by atomic mass is 10.1. The van der Waals surface area contributed by atoms with E-state index in [0.29, 0.717) is 25.2 Å². The highest BCUT2D eigenvalue weighted by Gasteiger charge is 2.20. The number of hydrogen-bond acceptors (Lipinski definition) is 4. The van der Waals surface area contributed by atoms with Crippen LogP contribution in [-0.4, -0.2) is 47.9 Å². The SMILES string of the molecule is CN(C)CC(C)(O)CNCc1cc(O)cc(F)c1. The first-order valence-corrected chi connectivity index (χ1v) is 5.85. The summed E-state index contributed by atoms with van der Waals surface area (Å²) in [4.78, 5) is 1.90. The number of benzene rings is 1. The highest BCUT2D eigenvalue weighted by Crippen LogP contribution is 2.14. The van der Waals surface area contributed by atoms with Crippen LogP contribution in [0, 0.1) is 5.82 Å². The van der Waals surface area contributed by atoms with Crippen molar-refractivity contribution < 1.29 is 14.6 Å². The summed E-state index contributed by atoms with van der Waals surface area (Å²) in [5, 5.41) is 22.3. The van der Waals surface area contributed by atoms with Crippen LogP contribution in [-0.2, 0) is 6.54 Å². The Bertz CT molecular complexity index is 374. The molecular weight excluding hydrogens is 235 g/mol. The number of phenolic OH excluding ortho intramolecular Hbond substituents is 1. The Balaban J connectivity index is 2.46. The minimum absolute atomic E-state index is 0.0909. The molecule has 0 radical (unpaired) electrons. The molecule has 0 fully saturated rings. The summed E-state index contributed by atoms with van der Waals surface area (Å²) in [5.41, 5.74) is -0.202. The van der Waals surface area contributed by atoms with Crippen LogP contribution in [0.1, 0.15) is 12.5 Å². The molecule has 0 aliphatic rings. The molecule has 0 aromatic heterocycles. The summed E-state index contributed by atoms with van der Waals surface area (Å²) < 4.78 is 13.0. The molecule has 0 saturated carbocycles. The lowest BCUT2D eigenvalue weighted by Gasteiger charge is -2.27. The lowest BCUT2D eigenvalue weighted by molar-refractivity contribution is 0.0336. The first-order valence-electron chi connectivity index (χ1n) is 5.85. The van der Waals surface area contributed by atoms with E-state index in [-0.39, 0.29) is 5.75 Å². The molecule has 102 valence electrons. The highest BCUT2D eigenvalue weighted by atomic mass is 19.1. The van der Waals surface area contributed by atoms with E-state index < -0.39 is 11.4 Å². The van der Waals surface area contributed by atoms with Crippen molar-refractivity contribution in [3.63, 3.8) is 0 Å². The predicted octanol–water partition coefficient (Wildman–Crippen LogP) is 0.933. The maximum absolute atomic E-state index is 13.0. The number of likely N-dealkylation sites (N-methyl/N-ethyl adjacent to an activating group) is 1.